The summed E-state index contributed by atoms with van der Waals surface area (Å²) in [5.41, 5.74) is 2.23. The predicted molar refractivity (Wildman–Crippen MR) is 153 cm³/mol. The third-order valence-electron chi connectivity index (χ3n) is 7.97. The maximum Gasteiger partial charge on any atom is 0.412 e. The van der Waals surface area contributed by atoms with Crippen LogP contribution in [0.1, 0.15) is 52.5 Å². The smallest absolute Gasteiger partial charge is 0.412 e. The van der Waals surface area contributed by atoms with Crippen molar-refractivity contribution in [2.24, 2.45) is 0 Å². The summed E-state index contributed by atoms with van der Waals surface area (Å²) in [4.78, 5) is 17.5. The van der Waals surface area contributed by atoms with Gasteiger partial charge in [0.1, 0.15) is 17.6 Å². The number of anilines is 1. The highest BCUT2D eigenvalue weighted by Crippen LogP contribution is 2.37. The molecule has 6 rings (SSSR count). The zero-order valence-electron chi connectivity index (χ0n) is 24.2. The summed E-state index contributed by atoms with van der Waals surface area (Å²) in [6.07, 6.45) is 6.41. The molecule has 1 saturated heterocycles. The fourth-order valence-electron chi connectivity index (χ4n) is 5.87. The van der Waals surface area contributed by atoms with E-state index < -0.39 is 23.5 Å². The molecular formula is C30H34F2N6O5. The molecule has 3 aromatic heterocycles. The molecule has 1 aromatic carbocycles. The van der Waals surface area contributed by atoms with Crippen molar-refractivity contribution in [1.29, 1.82) is 0 Å². The molecular weight excluding hydrogens is 562 g/mol. The Hall–Kier alpha value is -4.10. The summed E-state index contributed by atoms with van der Waals surface area (Å²) in [5, 5.41) is 20.0. The lowest BCUT2D eigenvalue weighted by molar-refractivity contribution is -0.139. The molecule has 11 nitrogen and oxygen atoms in total. The molecule has 0 radical (unpaired) electrons. The van der Waals surface area contributed by atoms with Gasteiger partial charge < -0.3 is 19.3 Å². The Morgan fingerprint density at radius 1 is 1.21 bits per heavy atom. The number of halogens is 2. The van der Waals surface area contributed by atoms with Crippen LogP contribution in [0.15, 0.2) is 42.9 Å². The quantitative estimate of drug-likeness (QED) is 0.272. The van der Waals surface area contributed by atoms with Gasteiger partial charge >= 0.3 is 6.09 Å². The first kappa shape index (κ1) is 29.0. The highest BCUT2D eigenvalue weighted by atomic mass is 19.2. The number of amides is 1. The normalized spacial score (nSPS) is 21.7. The Balaban J connectivity index is 1.28. The van der Waals surface area contributed by atoms with Crippen LogP contribution in [0.3, 0.4) is 0 Å². The van der Waals surface area contributed by atoms with E-state index in [9.17, 15) is 18.7 Å². The number of fused-ring (bicyclic) bond motifs is 1. The fourth-order valence-corrected chi connectivity index (χ4v) is 5.87. The maximum absolute atomic E-state index is 14.2. The summed E-state index contributed by atoms with van der Waals surface area (Å²) in [7, 11) is 0. The van der Waals surface area contributed by atoms with Crippen LogP contribution in [0.25, 0.3) is 22.2 Å². The second-order valence-corrected chi connectivity index (χ2v) is 11.4. The molecule has 0 bridgehead atoms. The van der Waals surface area contributed by atoms with Crippen LogP contribution in [0.4, 0.5) is 19.4 Å². The van der Waals surface area contributed by atoms with Gasteiger partial charge in [0.05, 0.1) is 37.0 Å². The second kappa shape index (κ2) is 11.5. The predicted octanol–water partition coefficient (Wildman–Crippen LogP) is 5.79. The SMILES string of the molecule is CCN(C(=O)O)c1cc2c(cn1)c(-c1cnn(CC3COC(C)(C)O3)c1)nn2C1CCC(Oc2cccc(F)c2F)CC1. The summed E-state index contributed by atoms with van der Waals surface area (Å²) >= 11 is 0. The van der Waals surface area contributed by atoms with Crippen LogP contribution in [0.5, 0.6) is 5.75 Å². The van der Waals surface area contributed by atoms with Gasteiger partial charge in [-0.25, -0.2) is 14.2 Å². The molecule has 1 amide bonds. The molecule has 13 heteroatoms. The van der Waals surface area contributed by atoms with E-state index in [1.165, 1.54) is 17.0 Å². The molecule has 1 aliphatic carbocycles. The van der Waals surface area contributed by atoms with Crippen molar-refractivity contribution in [2.75, 3.05) is 18.1 Å². The third-order valence-corrected chi connectivity index (χ3v) is 7.97. The largest absolute Gasteiger partial charge is 0.487 e. The Morgan fingerprint density at radius 2 is 2.00 bits per heavy atom. The lowest BCUT2D eigenvalue weighted by Gasteiger charge is -2.29. The first-order valence-corrected chi connectivity index (χ1v) is 14.5. The van der Waals surface area contributed by atoms with Crippen molar-refractivity contribution in [3.05, 3.63) is 54.5 Å². The molecule has 1 saturated carbocycles. The van der Waals surface area contributed by atoms with E-state index >= 15 is 0 Å². The lowest BCUT2D eigenvalue weighted by Crippen LogP contribution is -2.29. The van der Waals surface area contributed by atoms with E-state index in [0.717, 1.165) is 22.5 Å². The molecule has 2 aliphatic rings. The minimum atomic E-state index is -1.09. The molecule has 228 valence electrons. The van der Waals surface area contributed by atoms with Crippen molar-refractivity contribution in [1.82, 2.24) is 24.5 Å². The number of pyridine rings is 1. The number of carbonyl (C=O) groups is 1. The Bertz CT molecular complexity index is 1630. The van der Waals surface area contributed by atoms with Gasteiger partial charge in [0.25, 0.3) is 0 Å². The molecule has 1 atom stereocenters. The zero-order valence-corrected chi connectivity index (χ0v) is 24.2. The minimum absolute atomic E-state index is 0.0232. The monoisotopic (exact) mass is 596 g/mol. The van der Waals surface area contributed by atoms with E-state index in [1.54, 1.807) is 30.1 Å². The average molecular weight is 597 g/mol. The van der Waals surface area contributed by atoms with E-state index in [1.807, 2.05) is 24.7 Å². The number of benzene rings is 1. The number of aromatic nitrogens is 5. The third kappa shape index (κ3) is 5.91. The van der Waals surface area contributed by atoms with Crippen LogP contribution < -0.4 is 9.64 Å². The number of nitrogens with zero attached hydrogens (tertiary/aromatic N) is 6. The first-order valence-electron chi connectivity index (χ1n) is 14.5. The van der Waals surface area contributed by atoms with Crippen molar-refractivity contribution < 1.29 is 32.9 Å². The highest BCUT2D eigenvalue weighted by molar-refractivity contribution is 5.95. The fraction of sp³-hybridized carbons (Fsp3) is 0.467. The molecule has 1 unspecified atom stereocenters. The minimum Gasteiger partial charge on any atom is -0.487 e. The van der Waals surface area contributed by atoms with Crippen molar-refractivity contribution >= 4 is 22.8 Å². The van der Waals surface area contributed by atoms with Crippen molar-refractivity contribution in [3.8, 4) is 17.0 Å². The van der Waals surface area contributed by atoms with Gasteiger partial charge in [0, 0.05) is 36.0 Å². The Kier molecular flexibility index (Phi) is 7.77. The van der Waals surface area contributed by atoms with Gasteiger partial charge in [-0.2, -0.15) is 14.6 Å². The number of hydrogen-bond acceptors (Lipinski definition) is 7. The van der Waals surface area contributed by atoms with E-state index in [2.05, 4.69) is 10.1 Å². The van der Waals surface area contributed by atoms with Crippen LogP contribution >= 0.6 is 0 Å². The number of ether oxygens (including phenoxy) is 3. The molecule has 1 N–H and O–H groups in total. The topological polar surface area (TPSA) is 117 Å². The molecule has 4 aromatic rings. The van der Waals surface area contributed by atoms with Crippen LogP contribution in [0.2, 0.25) is 0 Å². The summed E-state index contributed by atoms with van der Waals surface area (Å²) in [6.45, 7) is 6.74. The second-order valence-electron chi connectivity index (χ2n) is 11.4. The zero-order chi connectivity index (χ0) is 30.3. The van der Waals surface area contributed by atoms with Crippen LogP contribution in [0, 0.1) is 11.6 Å². The molecule has 43 heavy (non-hydrogen) atoms. The highest BCUT2D eigenvalue weighted by Gasteiger charge is 2.33. The van der Waals surface area contributed by atoms with Crippen molar-refractivity contribution in [3.63, 3.8) is 0 Å². The molecule has 0 spiro atoms. The molecule has 4 heterocycles. The summed E-state index contributed by atoms with van der Waals surface area (Å²) in [6, 6.07) is 5.65. The maximum atomic E-state index is 14.2. The van der Waals surface area contributed by atoms with Crippen LogP contribution in [-0.2, 0) is 16.0 Å². The average Bonchev–Trinajstić information content (AvgIpc) is 3.68. The summed E-state index contributed by atoms with van der Waals surface area (Å²) < 4.78 is 49.0. The Morgan fingerprint density at radius 3 is 2.70 bits per heavy atom. The van der Waals surface area contributed by atoms with Gasteiger partial charge in [-0.15, -0.1) is 0 Å². The lowest BCUT2D eigenvalue weighted by atomic mass is 9.93. The van der Waals surface area contributed by atoms with Gasteiger partial charge in [-0.3, -0.25) is 14.3 Å². The summed E-state index contributed by atoms with van der Waals surface area (Å²) in [5.74, 6) is -2.33. The number of hydrogen-bond donors (Lipinski definition) is 1. The van der Waals surface area contributed by atoms with Gasteiger partial charge in [0.2, 0.25) is 5.82 Å². The number of rotatable bonds is 8. The standard InChI is InChI=1S/C30H34F2N6O5/c1-4-37(29(39)40)26-12-24-22(14-33-26)28(18-13-34-36(15-18)16-21-17-41-30(2,3)43-21)35-38(24)19-8-10-20(11-9-19)42-25-7-5-6-23(31)27(25)32/h5-7,12-15,19-21H,4,8-11,16-17H2,1-3H3,(H,39,40). The van der Waals surface area contributed by atoms with Crippen molar-refractivity contribution in [2.45, 2.75) is 77.0 Å². The molecule has 2 fully saturated rings. The Labute approximate surface area is 247 Å². The first-order chi connectivity index (χ1) is 20.6. The molecule has 1 aliphatic heterocycles. The number of carboxylic acid groups (broad SMARTS) is 1. The van der Waals surface area contributed by atoms with E-state index in [4.69, 9.17) is 19.3 Å². The van der Waals surface area contributed by atoms with E-state index in [-0.39, 0.29) is 30.5 Å². The van der Waals surface area contributed by atoms with Gasteiger partial charge in [0.15, 0.2) is 17.4 Å². The van der Waals surface area contributed by atoms with Gasteiger partial charge in [-0.1, -0.05) is 6.07 Å². The van der Waals surface area contributed by atoms with E-state index in [0.29, 0.717) is 50.3 Å². The van der Waals surface area contributed by atoms with Crippen LogP contribution in [-0.4, -0.2) is 66.9 Å². The van der Waals surface area contributed by atoms with Gasteiger partial charge in [-0.05, 0) is 58.6 Å².